The van der Waals surface area contributed by atoms with Gasteiger partial charge >= 0.3 is 0 Å². The Bertz CT molecular complexity index is 974. The van der Waals surface area contributed by atoms with E-state index in [4.69, 9.17) is 4.52 Å². The van der Waals surface area contributed by atoms with E-state index >= 15 is 0 Å². The highest BCUT2D eigenvalue weighted by Crippen LogP contribution is 2.24. The van der Waals surface area contributed by atoms with Crippen LogP contribution in [0, 0.1) is 0 Å². The van der Waals surface area contributed by atoms with Crippen molar-refractivity contribution in [2.24, 2.45) is 0 Å². The second-order valence-electron chi connectivity index (χ2n) is 7.40. The largest absolute Gasteiger partial charge is 0.336 e. The molecule has 1 aromatic carbocycles. The van der Waals surface area contributed by atoms with Crippen LogP contribution in [0.5, 0.6) is 0 Å². The minimum absolute atomic E-state index is 0.147. The quantitative estimate of drug-likeness (QED) is 0.680. The van der Waals surface area contributed by atoms with Gasteiger partial charge in [-0.25, -0.2) is 0 Å². The summed E-state index contributed by atoms with van der Waals surface area (Å²) in [5, 5.41) is 6.10. The Labute approximate surface area is 167 Å². The van der Waals surface area contributed by atoms with Crippen molar-refractivity contribution in [3.63, 3.8) is 0 Å². The zero-order valence-corrected chi connectivity index (χ0v) is 16.5. The van der Waals surface area contributed by atoms with Gasteiger partial charge in [0.1, 0.15) is 0 Å². The first-order valence-electron chi connectivity index (χ1n) is 9.76. The molecule has 1 saturated heterocycles. The van der Waals surface area contributed by atoms with E-state index in [2.05, 4.69) is 27.2 Å². The Balaban J connectivity index is 1.18. The first-order valence-corrected chi connectivity index (χ1v) is 10.6. The fourth-order valence-corrected chi connectivity index (χ4v) is 4.66. The Morgan fingerprint density at radius 2 is 1.96 bits per heavy atom. The molecule has 1 fully saturated rings. The zero-order valence-electron chi connectivity index (χ0n) is 15.6. The predicted octanol–water partition coefficient (Wildman–Crippen LogP) is 3.24. The summed E-state index contributed by atoms with van der Waals surface area (Å²) < 4.78 is 5.36. The maximum atomic E-state index is 12.9. The van der Waals surface area contributed by atoms with E-state index in [1.54, 1.807) is 11.3 Å². The predicted molar refractivity (Wildman–Crippen MR) is 107 cm³/mol. The van der Waals surface area contributed by atoms with Crippen LogP contribution in [-0.2, 0) is 19.4 Å². The molecule has 7 heteroatoms. The van der Waals surface area contributed by atoms with E-state index in [1.165, 1.54) is 17.5 Å². The molecule has 0 atom stereocenters. The van der Waals surface area contributed by atoms with Gasteiger partial charge in [-0.15, -0.1) is 11.3 Å². The smallest absolute Gasteiger partial charge is 0.268 e. The first kappa shape index (κ1) is 17.6. The maximum absolute atomic E-state index is 12.9. The number of rotatable bonds is 4. The SMILES string of the molecule is O=C(c1ccc2c(c1)CCC2)N1CCN(Cc2noc(-c3cccs3)n2)CC1. The Morgan fingerprint density at radius 3 is 2.79 bits per heavy atom. The molecule has 2 aromatic heterocycles. The van der Waals surface area contributed by atoms with Gasteiger partial charge in [-0.1, -0.05) is 17.3 Å². The molecule has 0 saturated carbocycles. The lowest BCUT2D eigenvalue weighted by atomic mass is 10.1. The second kappa shape index (κ2) is 7.48. The van der Waals surface area contributed by atoms with Gasteiger partial charge in [0, 0.05) is 31.7 Å². The van der Waals surface area contributed by atoms with Crippen LogP contribution in [0.3, 0.4) is 0 Å². The van der Waals surface area contributed by atoms with Crippen LogP contribution >= 0.6 is 11.3 Å². The van der Waals surface area contributed by atoms with Gasteiger partial charge < -0.3 is 9.42 Å². The maximum Gasteiger partial charge on any atom is 0.268 e. The second-order valence-corrected chi connectivity index (χ2v) is 8.35. The van der Waals surface area contributed by atoms with Gasteiger partial charge in [-0.3, -0.25) is 9.69 Å². The summed E-state index contributed by atoms with van der Waals surface area (Å²) in [6.07, 6.45) is 3.45. The number of nitrogens with zero attached hydrogens (tertiary/aromatic N) is 4. The van der Waals surface area contributed by atoms with Gasteiger partial charge in [0.25, 0.3) is 11.8 Å². The van der Waals surface area contributed by atoms with Crippen LogP contribution in [0.25, 0.3) is 10.8 Å². The van der Waals surface area contributed by atoms with Crippen molar-refractivity contribution in [1.29, 1.82) is 0 Å². The van der Waals surface area contributed by atoms with E-state index < -0.39 is 0 Å². The van der Waals surface area contributed by atoms with Crippen molar-refractivity contribution in [1.82, 2.24) is 19.9 Å². The van der Waals surface area contributed by atoms with E-state index in [0.717, 1.165) is 49.5 Å². The summed E-state index contributed by atoms with van der Waals surface area (Å²) >= 11 is 1.59. The van der Waals surface area contributed by atoms with Crippen molar-refractivity contribution < 1.29 is 9.32 Å². The number of fused-ring (bicyclic) bond motifs is 1. The number of thiophene rings is 1. The number of amides is 1. The summed E-state index contributed by atoms with van der Waals surface area (Å²) in [5.74, 6) is 1.42. The normalized spacial score (nSPS) is 17.1. The lowest BCUT2D eigenvalue weighted by molar-refractivity contribution is 0.0624. The molecule has 3 aromatic rings. The van der Waals surface area contributed by atoms with E-state index in [9.17, 15) is 4.79 Å². The molecular weight excluding hydrogens is 372 g/mol. The molecule has 1 aliphatic heterocycles. The van der Waals surface area contributed by atoms with Crippen LogP contribution in [0.2, 0.25) is 0 Å². The molecule has 2 aliphatic rings. The van der Waals surface area contributed by atoms with Crippen LogP contribution in [0.15, 0.2) is 40.2 Å². The minimum atomic E-state index is 0.147. The monoisotopic (exact) mass is 394 g/mol. The number of aromatic nitrogens is 2. The van der Waals surface area contributed by atoms with Crippen LogP contribution < -0.4 is 0 Å². The summed E-state index contributed by atoms with van der Waals surface area (Å²) in [6.45, 7) is 3.74. The van der Waals surface area contributed by atoms with E-state index in [0.29, 0.717) is 18.3 Å². The lowest BCUT2D eigenvalue weighted by Gasteiger charge is -2.34. The summed E-state index contributed by atoms with van der Waals surface area (Å²) in [4.78, 5) is 22.6. The Hall–Kier alpha value is -2.51. The molecule has 0 radical (unpaired) electrons. The third-order valence-corrected chi connectivity index (χ3v) is 6.43. The fourth-order valence-electron chi connectivity index (χ4n) is 4.02. The summed E-state index contributed by atoms with van der Waals surface area (Å²) in [6, 6.07) is 10.2. The summed E-state index contributed by atoms with van der Waals surface area (Å²) in [5.41, 5.74) is 3.58. The fraction of sp³-hybridized carbons (Fsp3) is 0.381. The summed E-state index contributed by atoms with van der Waals surface area (Å²) in [7, 11) is 0. The van der Waals surface area contributed by atoms with E-state index in [1.807, 2.05) is 28.5 Å². The van der Waals surface area contributed by atoms with Crippen LogP contribution in [0.4, 0.5) is 0 Å². The number of hydrogen-bond acceptors (Lipinski definition) is 6. The number of carbonyl (C=O) groups is 1. The molecule has 28 heavy (non-hydrogen) atoms. The Morgan fingerprint density at radius 1 is 1.11 bits per heavy atom. The molecule has 1 amide bonds. The minimum Gasteiger partial charge on any atom is -0.336 e. The average molecular weight is 395 g/mol. The van der Waals surface area contributed by atoms with Gasteiger partial charge in [0.05, 0.1) is 11.4 Å². The van der Waals surface area contributed by atoms with Gasteiger partial charge in [-0.2, -0.15) is 4.98 Å². The molecule has 0 N–H and O–H groups in total. The number of carbonyl (C=O) groups excluding carboxylic acids is 1. The number of piperazine rings is 1. The van der Waals surface area contributed by atoms with Gasteiger partial charge in [-0.05, 0) is 54.0 Å². The highest BCUT2D eigenvalue weighted by atomic mass is 32.1. The highest BCUT2D eigenvalue weighted by molar-refractivity contribution is 7.13. The topological polar surface area (TPSA) is 62.5 Å². The van der Waals surface area contributed by atoms with Crippen LogP contribution in [-0.4, -0.2) is 52.0 Å². The molecule has 144 valence electrons. The number of benzene rings is 1. The number of hydrogen-bond donors (Lipinski definition) is 0. The molecule has 1 aliphatic carbocycles. The Kier molecular flexibility index (Phi) is 4.70. The van der Waals surface area contributed by atoms with Crippen molar-refractivity contribution in [3.05, 3.63) is 58.2 Å². The lowest BCUT2D eigenvalue weighted by Crippen LogP contribution is -2.48. The highest BCUT2D eigenvalue weighted by Gasteiger charge is 2.24. The van der Waals surface area contributed by atoms with Crippen molar-refractivity contribution in [3.8, 4) is 10.8 Å². The first-order chi connectivity index (χ1) is 13.8. The molecule has 3 heterocycles. The third-order valence-electron chi connectivity index (χ3n) is 5.57. The van der Waals surface area contributed by atoms with Crippen molar-refractivity contribution >= 4 is 17.2 Å². The zero-order chi connectivity index (χ0) is 18.9. The standard InChI is InChI=1S/C21H22N4O2S/c26-21(17-7-6-15-3-1-4-16(15)13-17)25-10-8-24(9-11-25)14-19-22-20(27-23-19)18-5-2-12-28-18/h2,5-7,12-13H,1,3-4,8-11,14H2. The van der Waals surface area contributed by atoms with Gasteiger partial charge in [0.15, 0.2) is 5.82 Å². The molecule has 0 bridgehead atoms. The van der Waals surface area contributed by atoms with Crippen molar-refractivity contribution in [2.75, 3.05) is 26.2 Å². The van der Waals surface area contributed by atoms with Crippen LogP contribution in [0.1, 0.15) is 33.7 Å². The third kappa shape index (κ3) is 3.47. The molecule has 0 spiro atoms. The molecule has 0 unspecified atom stereocenters. The number of aryl methyl sites for hydroxylation is 2. The van der Waals surface area contributed by atoms with Gasteiger partial charge in [0.2, 0.25) is 0 Å². The van der Waals surface area contributed by atoms with E-state index in [-0.39, 0.29) is 5.91 Å². The van der Waals surface area contributed by atoms with Crippen molar-refractivity contribution in [2.45, 2.75) is 25.8 Å². The molecule has 5 rings (SSSR count). The molecular formula is C21H22N4O2S. The average Bonchev–Trinajstić information content (AvgIpc) is 3.48. The molecule has 6 nitrogen and oxygen atoms in total.